The molecule has 4 aromatic carbocycles. The number of aryl methyl sites for hydroxylation is 1. The summed E-state index contributed by atoms with van der Waals surface area (Å²) in [5.41, 5.74) is 2.32. The molecule has 2 amide bonds. The third-order valence-corrected chi connectivity index (χ3v) is 8.11. The van der Waals surface area contributed by atoms with Crippen LogP contribution in [0.15, 0.2) is 106 Å². The number of carbonyl (C=O) groups excluding carboxylic acids is 2. The maximum Gasteiger partial charge on any atom is 0.291 e. The minimum absolute atomic E-state index is 0.0689. The van der Waals surface area contributed by atoms with Crippen LogP contribution in [0.5, 0.6) is 0 Å². The van der Waals surface area contributed by atoms with Crippen molar-refractivity contribution in [1.29, 1.82) is 0 Å². The van der Waals surface area contributed by atoms with Crippen molar-refractivity contribution in [2.24, 2.45) is 0 Å². The van der Waals surface area contributed by atoms with E-state index >= 15 is 0 Å². The molecule has 7 rings (SSSR count). The third kappa shape index (κ3) is 3.39. The molecule has 3 heterocycles. The zero-order chi connectivity index (χ0) is 27.6. The molecule has 0 N–H and O–H groups in total. The summed E-state index contributed by atoms with van der Waals surface area (Å²) in [4.78, 5) is 46.4. The van der Waals surface area contributed by atoms with Crippen molar-refractivity contribution in [1.82, 2.24) is 4.90 Å². The van der Waals surface area contributed by atoms with Crippen LogP contribution in [0.25, 0.3) is 11.0 Å². The predicted octanol–water partition coefficient (Wildman–Crippen LogP) is 6.20. The molecule has 0 bridgehead atoms. The maximum atomic E-state index is 14.8. The van der Waals surface area contributed by atoms with Gasteiger partial charge in [-0.05, 0) is 48.4 Å². The largest absolute Gasteiger partial charge is 0.450 e. The highest BCUT2D eigenvalue weighted by molar-refractivity contribution is 6.30. The first-order valence-electron chi connectivity index (χ1n) is 13.0. The lowest BCUT2D eigenvalue weighted by molar-refractivity contribution is -0.126. The maximum absolute atomic E-state index is 14.8. The van der Waals surface area contributed by atoms with Crippen LogP contribution in [0.2, 0.25) is 5.02 Å². The van der Waals surface area contributed by atoms with E-state index in [1.54, 1.807) is 41.3 Å². The van der Waals surface area contributed by atoms with Gasteiger partial charge < -0.3 is 14.2 Å². The van der Waals surface area contributed by atoms with Crippen molar-refractivity contribution in [3.8, 4) is 0 Å². The first-order chi connectivity index (χ1) is 19.4. The van der Waals surface area contributed by atoms with Gasteiger partial charge in [-0.3, -0.25) is 14.4 Å². The Kier molecular flexibility index (Phi) is 5.44. The Bertz CT molecular complexity index is 1900. The fraction of sp³-hybridized carbons (Fsp3) is 0.121. The monoisotopic (exact) mass is 546 g/mol. The highest BCUT2D eigenvalue weighted by atomic mass is 35.5. The van der Waals surface area contributed by atoms with Crippen molar-refractivity contribution >= 4 is 40.1 Å². The van der Waals surface area contributed by atoms with Gasteiger partial charge >= 0.3 is 0 Å². The third-order valence-electron chi connectivity index (χ3n) is 7.86. The summed E-state index contributed by atoms with van der Waals surface area (Å²) in [6, 6.07) is 29.3. The molecular weight excluding hydrogens is 524 g/mol. The second kappa shape index (κ2) is 8.93. The molecule has 1 atom stereocenters. The van der Waals surface area contributed by atoms with Gasteiger partial charge in [-0.2, -0.15) is 0 Å². The first kappa shape index (κ1) is 24.4. The van der Waals surface area contributed by atoms with Gasteiger partial charge in [0.15, 0.2) is 11.0 Å². The van der Waals surface area contributed by atoms with Crippen LogP contribution in [0.4, 0.5) is 5.69 Å². The van der Waals surface area contributed by atoms with E-state index in [-0.39, 0.29) is 35.7 Å². The van der Waals surface area contributed by atoms with Crippen molar-refractivity contribution in [2.45, 2.75) is 25.6 Å². The number of halogens is 1. The van der Waals surface area contributed by atoms with E-state index in [9.17, 15) is 14.4 Å². The Morgan fingerprint density at radius 3 is 2.20 bits per heavy atom. The highest BCUT2D eigenvalue weighted by Crippen LogP contribution is 2.53. The van der Waals surface area contributed by atoms with Gasteiger partial charge in [0.05, 0.1) is 23.2 Å². The van der Waals surface area contributed by atoms with Crippen molar-refractivity contribution in [2.75, 3.05) is 4.90 Å². The van der Waals surface area contributed by atoms with E-state index in [2.05, 4.69) is 0 Å². The van der Waals surface area contributed by atoms with E-state index in [0.717, 1.165) is 16.7 Å². The van der Waals surface area contributed by atoms with Crippen molar-refractivity contribution in [3.63, 3.8) is 0 Å². The molecule has 0 fully saturated rings. The topological polar surface area (TPSA) is 70.8 Å². The molecule has 1 unspecified atom stereocenters. The summed E-state index contributed by atoms with van der Waals surface area (Å²) in [6.07, 6.45) is 0. The predicted molar refractivity (Wildman–Crippen MR) is 153 cm³/mol. The molecule has 0 aliphatic carbocycles. The zero-order valence-corrected chi connectivity index (χ0v) is 22.3. The SMILES string of the molecule is Cc1ccc(CN2C(=O)c3oc4ccccc4c(=O)c3C23C(=O)N(Cc2ccc(Cl)cc2)c2ccccc23)cc1. The van der Waals surface area contributed by atoms with E-state index < -0.39 is 11.4 Å². The fourth-order valence-electron chi connectivity index (χ4n) is 5.96. The quantitative estimate of drug-likeness (QED) is 0.269. The Morgan fingerprint density at radius 1 is 0.775 bits per heavy atom. The summed E-state index contributed by atoms with van der Waals surface area (Å²) in [5.74, 6) is -0.951. The summed E-state index contributed by atoms with van der Waals surface area (Å²) in [7, 11) is 0. The Balaban J connectivity index is 1.50. The number of nitrogens with zero attached hydrogens (tertiary/aromatic N) is 2. The number of hydrogen-bond acceptors (Lipinski definition) is 4. The second-order valence-corrected chi connectivity index (χ2v) is 10.7. The minimum Gasteiger partial charge on any atom is -0.450 e. The van der Waals surface area contributed by atoms with Crippen molar-refractivity contribution < 1.29 is 14.0 Å². The van der Waals surface area contributed by atoms with E-state index in [4.69, 9.17) is 16.0 Å². The number of fused-ring (bicyclic) bond motifs is 5. The van der Waals surface area contributed by atoms with Gasteiger partial charge in [0, 0.05) is 17.1 Å². The van der Waals surface area contributed by atoms with E-state index in [0.29, 0.717) is 27.2 Å². The molecule has 0 radical (unpaired) electrons. The second-order valence-electron chi connectivity index (χ2n) is 10.3. The average Bonchev–Trinajstić information content (AvgIpc) is 3.36. The van der Waals surface area contributed by atoms with Gasteiger partial charge in [0.2, 0.25) is 5.76 Å². The van der Waals surface area contributed by atoms with Gasteiger partial charge in [-0.1, -0.05) is 83.9 Å². The number of anilines is 1. The fourth-order valence-corrected chi connectivity index (χ4v) is 6.09. The first-order valence-corrected chi connectivity index (χ1v) is 13.4. The van der Waals surface area contributed by atoms with Crippen LogP contribution in [0.3, 0.4) is 0 Å². The van der Waals surface area contributed by atoms with E-state index in [1.165, 1.54) is 4.90 Å². The lowest BCUT2D eigenvalue weighted by Crippen LogP contribution is -2.52. The number of para-hydroxylation sites is 2. The molecule has 0 saturated heterocycles. The molecular formula is C33H23ClN2O4. The normalized spacial score (nSPS) is 17.6. The van der Waals surface area contributed by atoms with Crippen LogP contribution < -0.4 is 10.3 Å². The van der Waals surface area contributed by atoms with Crippen LogP contribution >= 0.6 is 11.6 Å². The molecule has 0 saturated carbocycles. The molecule has 6 nitrogen and oxygen atoms in total. The number of hydrogen-bond donors (Lipinski definition) is 0. The van der Waals surface area contributed by atoms with E-state index in [1.807, 2.05) is 67.6 Å². The molecule has 196 valence electrons. The minimum atomic E-state index is -1.68. The summed E-state index contributed by atoms with van der Waals surface area (Å²) in [6.45, 7) is 2.35. The Labute approximate surface area is 235 Å². The number of rotatable bonds is 4. The average molecular weight is 547 g/mol. The smallest absolute Gasteiger partial charge is 0.291 e. The van der Waals surface area contributed by atoms with Crippen LogP contribution in [-0.2, 0) is 23.4 Å². The molecule has 7 heteroatoms. The lowest BCUT2D eigenvalue weighted by Gasteiger charge is -2.34. The summed E-state index contributed by atoms with van der Waals surface area (Å²) >= 11 is 6.11. The van der Waals surface area contributed by atoms with Crippen LogP contribution in [0.1, 0.15) is 38.4 Å². The van der Waals surface area contributed by atoms with Gasteiger partial charge in [0.1, 0.15) is 5.58 Å². The Morgan fingerprint density at radius 2 is 1.43 bits per heavy atom. The molecule has 40 heavy (non-hydrogen) atoms. The van der Waals surface area contributed by atoms with Gasteiger partial charge in [-0.15, -0.1) is 0 Å². The Hall–Kier alpha value is -4.68. The van der Waals surface area contributed by atoms with Gasteiger partial charge in [0.25, 0.3) is 11.8 Å². The van der Waals surface area contributed by atoms with Crippen LogP contribution in [0, 0.1) is 6.92 Å². The standard InChI is InChI=1S/C33H23ClN2O4/c1-20-10-12-22(13-11-20)19-36-31(38)30-28(29(37)24-6-2-5-9-27(24)40-30)33(36)25-7-3-4-8-26(25)35(32(33)39)18-21-14-16-23(34)17-15-21/h2-17H,18-19H2,1H3. The molecule has 1 spiro atoms. The summed E-state index contributed by atoms with van der Waals surface area (Å²) in [5, 5.41) is 0.921. The number of amides is 2. The van der Waals surface area contributed by atoms with Crippen LogP contribution in [-0.4, -0.2) is 16.7 Å². The molecule has 1 aromatic heterocycles. The lowest BCUT2D eigenvalue weighted by atomic mass is 9.83. The highest BCUT2D eigenvalue weighted by Gasteiger charge is 2.64. The molecule has 5 aromatic rings. The number of carbonyl (C=O) groups is 2. The molecule has 2 aliphatic heterocycles. The zero-order valence-electron chi connectivity index (χ0n) is 21.6. The van der Waals surface area contributed by atoms with Gasteiger partial charge in [-0.25, -0.2) is 0 Å². The number of benzene rings is 4. The van der Waals surface area contributed by atoms with Crippen molar-refractivity contribution in [3.05, 3.63) is 146 Å². The molecule has 2 aliphatic rings. The summed E-state index contributed by atoms with van der Waals surface area (Å²) < 4.78 is 6.12.